The number of rotatable bonds is 16. The van der Waals surface area contributed by atoms with Gasteiger partial charge in [0.2, 0.25) is 0 Å². The predicted octanol–water partition coefficient (Wildman–Crippen LogP) is 7.40. The first kappa shape index (κ1) is 40.9. The molecule has 1 aliphatic carbocycles. The summed E-state index contributed by atoms with van der Waals surface area (Å²) in [5.41, 5.74) is 4.53. The minimum atomic E-state index is -0.857. The van der Waals surface area contributed by atoms with Gasteiger partial charge in [0.05, 0.1) is 22.4 Å². The van der Waals surface area contributed by atoms with Crippen LogP contribution in [0.5, 0.6) is 11.5 Å². The summed E-state index contributed by atoms with van der Waals surface area (Å²) in [5.74, 6) is -1.45. The maximum Gasteiger partial charge on any atom is 0.307 e. The van der Waals surface area contributed by atoms with Gasteiger partial charge in [0.25, 0.3) is 0 Å². The van der Waals surface area contributed by atoms with Gasteiger partial charge >= 0.3 is 11.9 Å². The molecule has 2 N–H and O–H groups in total. The Labute approximate surface area is 334 Å². The van der Waals surface area contributed by atoms with E-state index in [4.69, 9.17) is 25.8 Å². The van der Waals surface area contributed by atoms with Crippen molar-refractivity contribution in [2.45, 2.75) is 64.7 Å². The third-order valence-corrected chi connectivity index (χ3v) is 11.6. The number of piperidine rings is 2. The van der Waals surface area contributed by atoms with Crippen molar-refractivity contribution in [2.75, 3.05) is 45.9 Å². The van der Waals surface area contributed by atoms with E-state index in [1.165, 1.54) is 6.20 Å². The molecule has 2 unspecified atom stereocenters. The fourth-order valence-corrected chi connectivity index (χ4v) is 8.29. The molecule has 4 atom stereocenters. The number of ether oxygens (including phenoxy) is 3. The van der Waals surface area contributed by atoms with Gasteiger partial charge in [-0.3, -0.25) is 19.5 Å². The molecular formula is C44H51ClN4O7. The van der Waals surface area contributed by atoms with Crippen LogP contribution < -0.4 is 9.47 Å². The number of aromatic nitrogens is 1. The van der Waals surface area contributed by atoms with Crippen LogP contribution in [0.2, 0.25) is 5.02 Å². The Bertz CT molecular complexity index is 1980. The molecular weight excluding hydrogens is 732 g/mol. The zero-order chi connectivity index (χ0) is 39.7. The van der Waals surface area contributed by atoms with Gasteiger partial charge in [-0.2, -0.15) is 5.26 Å². The highest BCUT2D eigenvalue weighted by molar-refractivity contribution is 6.32. The molecule has 2 aromatic carbocycles. The third kappa shape index (κ3) is 10.2. The van der Waals surface area contributed by atoms with Crippen LogP contribution in [-0.2, 0) is 27.5 Å². The first-order valence-electron chi connectivity index (χ1n) is 19.5. The van der Waals surface area contributed by atoms with Crippen LogP contribution in [0.4, 0.5) is 0 Å². The van der Waals surface area contributed by atoms with Gasteiger partial charge in [0, 0.05) is 68.3 Å². The monoisotopic (exact) mass is 782 g/mol. The number of benzene rings is 2. The molecule has 1 aromatic heterocycles. The fourth-order valence-electron chi connectivity index (χ4n) is 8.05. The van der Waals surface area contributed by atoms with E-state index >= 15 is 0 Å². The highest BCUT2D eigenvalue weighted by atomic mass is 35.5. The molecule has 0 spiro atoms. The predicted molar refractivity (Wildman–Crippen MR) is 213 cm³/mol. The Balaban J connectivity index is 1.24. The molecule has 3 heterocycles. The summed E-state index contributed by atoms with van der Waals surface area (Å²) in [4.78, 5) is 32.0. The number of likely N-dealkylation sites (tertiary alicyclic amines) is 2. The molecule has 2 aliphatic heterocycles. The smallest absolute Gasteiger partial charge is 0.307 e. The van der Waals surface area contributed by atoms with Gasteiger partial charge < -0.3 is 29.3 Å². The van der Waals surface area contributed by atoms with E-state index in [1.54, 1.807) is 18.3 Å². The Kier molecular flexibility index (Phi) is 13.8. The van der Waals surface area contributed by atoms with Crippen LogP contribution in [0.15, 0.2) is 73.1 Å². The summed E-state index contributed by atoms with van der Waals surface area (Å²) in [6, 6.07) is 15.8. The number of hydrogen-bond acceptors (Lipinski definition) is 9. The minimum absolute atomic E-state index is 0.102. The quantitative estimate of drug-likeness (QED) is 0.140. The molecule has 296 valence electrons. The van der Waals surface area contributed by atoms with E-state index in [0.717, 1.165) is 66.7 Å². The van der Waals surface area contributed by atoms with Crippen molar-refractivity contribution in [1.82, 2.24) is 14.8 Å². The van der Waals surface area contributed by atoms with Crippen molar-refractivity contribution in [3.63, 3.8) is 0 Å². The minimum Gasteiger partial charge on any atom is -0.489 e. The van der Waals surface area contributed by atoms with Crippen molar-refractivity contribution < 1.29 is 34.0 Å². The molecule has 2 fully saturated rings. The van der Waals surface area contributed by atoms with Crippen molar-refractivity contribution in [3.8, 4) is 17.6 Å². The average molecular weight is 783 g/mol. The number of nitrogens with zero attached hydrogens (tertiary/aromatic N) is 4. The van der Waals surface area contributed by atoms with Gasteiger partial charge in [-0.05, 0) is 87.0 Å². The Morgan fingerprint density at radius 1 is 1.00 bits per heavy atom. The fraction of sp³-hybridized carbons (Fsp3) is 0.455. The number of aryl methyl sites for hydroxylation is 1. The number of halogens is 1. The van der Waals surface area contributed by atoms with Crippen LogP contribution in [0.1, 0.15) is 66.8 Å². The van der Waals surface area contributed by atoms with E-state index in [2.05, 4.69) is 59.0 Å². The van der Waals surface area contributed by atoms with E-state index in [0.29, 0.717) is 61.2 Å². The topological polar surface area (TPSA) is 145 Å². The van der Waals surface area contributed by atoms with Crippen molar-refractivity contribution in [3.05, 3.63) is 106 Å². The number of hydrogen-bond donors (Lipinski definition) is 2. The van der Waals surface area contributed by atoms with Gasteiger partial charge in [-0.15, -0.1) is 0 Å². The molecule has 6 rings (SSSR count). The van der Waals surface area contributed by atoms with E-state index in [9.17, 15) is 25.1 Å². The number of carboxylic acid groups (broad SMARTS) is 2. The van der Waals surface area contributed by atoms with Gasteiger partial charge in [0.15, 0.2) is 0 Å². The lowest BCUT2D eigenvalue weighted by Crippen LogP contribution is -2.46. The first-order valence-corrected chi connectivity index (χ1v) is 19.8. The molecule has 12 heteroatoms. The van der Waals surface area contributed by atoms with Crippen LogP contribution >= 0.6 is 11.6 Å². The second-order valence-corrected chi connectivity index (χ2v) is 15.6. The molecule has 0 amide bonds. The summed E-state index contributed by atoms with van der Waals surface area (Å²) >= 11 is 6.99. The van der Waals surface area contributed by atoms with Gasteiger partial charge in [0.1, 0.15) is 36.4 Å². The second kappa shape index (κ2) is 18.9. The standard InChI is InChI=1S/C44H51ClN4O7/c1-30-9-3-4-12-37(30)38-13-5-14-44(31(38)2,56-18-8-17-48-15-6-10-34(25-48)42(50)51)29-55-41-21-40(54-28-33-19-32(22-46)23-47-24-33)36(20-39(41)45)27-49-16-7-11-35(26-49)43(52)53/h3-5,9,12-14,19-21,23-24,31,34-35H,6-8,10-11,15-18,25-29H2,1-2H3,(H,50,51)(H,52,53)/t31?,34-,35-,44?/m0/s1. The lowest BCUT2D eigenvalue weighted by Gasteiger charge is -2.40. The first-order chi connectivity index (χ1) is 27.0. The largest absolute Gasteiger partial charge is 0.489 e. The SMILES string of the molecule is Cc1ccccc1C1=CC=CC(COc2cc(OCc3cncc(C#N)c3)c(CN3CCC[C@H](C(=O)O)C3)cc2Cl)(OCCCN2CCC[C@H](C(=O)O)C2)C1C. The Morgan fingerprint density at radius 2 is 1.73 bits per heavy atom. The number of nitriles is 1. The lowest BCUT2D eigenvalue weighted by molar-refractivity contribution is -0.144. The summed E-state index contributed by atoms with van der Waals surface area (Å²) in [6.45, 7) is 8.79. The molecule has 0 saturated carbocycles. The van der Waals surface area contributed by atoms with Gasteiger partial charge in [-0.1, -0.05) is 54.9 Å². The number of aliphatic carboxylic acids is 2. The average Bonchev–Trinajstić information content (AvgIpc) is 3.20. The van der Waals surface area contributed by atoms with Crippen molar-refractivity contribution >= 4 is 29.1 Å². The summed E-state index contributed by atoms with van der Waals surface area (Å²) < 4.78 is 19.9. The summed E-state index contributed by atoms with van der Waals surface area (Å²) in [7, 11) is 0. The van der Waals surface area contributed by atoms with Crippen molar-refractivity contribution in [2.24, 2.45) is 17.8 Å². The molecule has 0 radical (unpaired) electrons. The number of pyridine rings is 1. The van der Waals surface area contributed by atoms with E-state index < -0.39 is 23.5 Å². The number of allylic oxidation sites excluding steroid dienone is 2. The lowest BCUT2D eigenvalue weighted by atomic mass is 9.76. The highest BCUT2D eigenvalue weighted by Crippen LogP contribution is 2.42. The Morgan fingerprint density at radius 3 is 2.46 bits per heavy atom. The maximum absolute atomic E-state index is 11.8. The van der Waals surface area contributed by atoms with Crippen LogP contribution in [0, 0.1) is 36.0 Å². The number of carbonyl (C=O) groups is 2. The zero-order valence-corrected chi connectivity index (χ0v) is 32.9. The van der Waals surface area contributed by atoms with Crippen molar-refractivity contribution in [1.29, 1.82) is 5.26 Å². The maximum atomic E-state index is 11.8. The molecule has 11 nitrogen and oxygen atoms in total. The summed E-state index contributed by atoms with van der Waals surface area (Å²) in [5, 5.41) is 29.1. The van der Waals surface area contributed by atoms with E-state index in [1.807, 2.05) is 24.3 Å². The molecule has 3 aliphatic rings. The molecule has 0 bridgehead atoms. The Hall–Kier alpha value is -4.73. The number of carboxylic acids is 2. The normalized spacial score (nSPS) is 22.9. The molecule has 3 aromatic rings. The van der Waals surface area contributed by atoms with Crippen LogP contribution in [0.3, 0.4) is 0 Å². The molecule has 2 saturated heterocycles. The zero-order valence-electron chi connectivity index (χ0n) is 32.2. The highest BCUT2D eigenvalue weighted by Gasteiger charge is 2.40. The summed E-state index contributed by atoms with van der Waals surface area (Å²) in [6.07, 6.45) is 13.1. The van der Waals surface area contributed by atoms with Gasteiger partial charge in [-0.25, -0.2) is 0 Å². The molecule has 56 heavy (non-hydrogen) atoms. The van der Waals surface area contributed by atoms with Crippen LogP contribution in [0.25, 0.3) is 5.57 Å². The van der Waals surface area contributed by atoms with Crippen LogP contribution in [-0.4, -0.2) is 88.5 Å². The van der Waals surface area contributed by atoms with E-state index in [-0.39, 0.29) is 25.0 Å². The second-order valence-electron chi connectivity index (χ2n) is 15.2. The third-order valence-electron chi connectivity index (χ3n) is 11.3.